The number of halogens is 2. The summed E-state index contributed by atoms with van der Waals surface area (Å²) in [6, 6.07) is 7.99. The van der Waals surface area contributed by atoms with Gasteiger partial charge in [0.05, 0.1) is 16.4 Å². The molecule has 0 fully saturated rings. The highest BCUT2D eigenvalue weighted by Crippen LogP contribution is 2.27. The van der Waals surface area contributed by atoms with Crippen LogP contribution in [0.4, 0.5) is 15.8 Å². The van der Waals surface area contributed by atoms with Gasteiger partial charge in [0, 0.05) is 0 Å². The number of nitrogens with two attached hydrogens (primary N) is 1. The normalized spacial score (nSPS) is 11.3. The van der Waals surface area contributed by atoms with Crippen LogP contribution in [0.5, 0.6) is 0 Å². The molecule has 0 saturated carbocycles. The Hall–Kier alpha value is -1.79. The lowest BCUT2D eigenvalue weighted by molar-refractivity contribution is 0.601. The summed E-state index contributed by atoms with van der Waals surface area (Å²) in [6.45, 7) is 1.80. The lowest BCUT2D eigenvalue weighted by Crippen LogP contribution is -2.15. The van der Waals surface area contributed by atoms with Gasteiger partial charge in [0.25, 0.3) is 10.0 Å². The molecule has 0 aliphatic heterocycles. The Balaban J connectivity index is 2.41. The summed E-state index contributed by atoms with van der Waals surface area (Å²) in [6.07, 6.45) is 0. The smallest absolute Gasteiger partial charge is 0.263 e. The van der Waals surface area contributed by atoms with E-state index in [0.717, 1.165) is 17.7 Å². The van der Waals surface area contributed by atoms with E-state index in [1.54, 1.807) is 19.1 Å². The molecule has 3 N–H and O–H groups in total. The van der Waals surface area contributed by atoms with E-state index in [1.807, 2.05) is 0 Å². The molecule has 0 atom stereocenters. The van der Waals surface area contributed by atoms with Gasteiger partial charge in [-0.25, -0.2) is 12.8 Å². The summed E-state index contributed by atoms with van der Waals surface area (Å²) in [5.74, 6) is -0.548. The molecule has 2 aromatic carbocycles. The lowest BCUT2D eigenvalue weighted by atomic mass is 10.2. The van der Waals surface area contributed by atoms with Crippen molar-refractivity contribution in [3.8, 4) is 0 Å². The third kappa shape index (κ3) is 3.02. The number of hydrogen-bond acceptors (Lipinski definition) is 3. The molecule has 0 saturated heterocycles. The van der Waals surface area contributed by atoms with Gasteiger partial charge in [0.1, 0.15) is 10.7 Å². The summed E-state index contributed by atoms with van der Waals surface area (Å²) in [5.41, 5.74) is 6.79. The van der Waals surface area contributed by atoms with E-state index in [0.29, 0.717) is 0 Å². The first kappa shape index (κ1) is 14.6. The molecule has 0 heterocycles. The van der Waals surface area contributed by atoms with E-state index in [4.69, 9.17) is 17.3 Å². The summed E-state index contributed by atoms with van der Waals surface area (Å²) < 4.78 is 39.7. The van der Waals surface area contributed by atoms with Gasteiger partial charge in [-0.15, -0.1) is 0 Å². The minimum atomic E-state index is -3.88. The lowest BCUT2D eigenvalue weighted by Gasteiger charge is -2.11. The third-order valence-electron chi connectivity index (χ3n) is 2.63. The fraction of sp³-hybridized carbons (Fsp3) is 0.0769. The second-order valence-corrected chi connectivity index (χ2v) is 6.33. The Morgan fingerprint density at radius 1 is 1.20 bits per heavy atom. The van der Waals surface area contributed by atoms with Gasteiger partial charge in [-0.2, -0.15) is 0 Å². The van der Waals surface area contributed by atoms with Crippen LogP contribution in [0.25, 0.3) is 0 Å². The maximum Gasteiger partial charge on any atom is 0.263 e. The topological polar surface area (TPSA) is 72.2 Å². The zero-order valence-corrected chi connectivity index (χ0v) is 12.1. The van der Waals surface area contributed by atoms with Crippen LogP contribution in [0, 0.1) is 12.7 Å². The number of sulfonamides is 1. The second kappa shape index (κ2) is 5.30. The highest BCUT2D eigenvalue weighted by atomic mass is 35.5. The zero-order valence-electron chi connectivity index (χ0n) is 10.5. The molecule has 0 aliphatic carbocycles. The van der Waals surface area contributed by atoms with Crippen molar-refractivity contribution in [2.45, 2.75) is 11.8 Å². The van der Waals surface area contributed by atoms with Crippen molar-refractivity contribution in [3.63, 3.8) is 0 Å². The molecule has 2 aromatic rings. The summed E-state index contributed by atoms with van der Waals surface area (Å²) >= 11 is 5.79. The van der Waals surface area contributed by atoms with Crippen LogP contribution in [0.15, 0.2) is 41.3 Å². The van der Waals surface area contributed by atoms with Crippen LogP contribution in [-0.4, -0.2) is 8.42 Å². The number of rotatable bonds is 3. The van der Waals surface area contributed by atoms with Gasteiger partial charge < -0.3 is 5.73 Å². The van der Waals surface area contributed by atoms with Crippen LogP contribution >= 0.6 is 11.6 Å². The molecule has 0 aromatic heterocycles. The second-order valence-electron chi connectivity index (χ2n) is 4.27. The summed E-state index contributed by atoms with van der Waals surface area (Å²) in [7, 11) is -3.88. The molecule has 0 spiro atoms. The maximum atomic E-state index is 12.9. The summed E-state index contributed by atoms with van der Waals surface area (Å²) in [5, 5.41) is -0.0285. The van der Waals surface area contributed by atoms with Crippen molar-refractivity contribution in [1.29, 1.82) is 0 Å². The van der Waals surface area contributed by atoms with Crippen LogP contribution < -0.4 is 10.5 Å². The van der Waals surface area contributed by atoms with Gasteiger partial charge >= 0.3 is 0 Å². The van der Waals surface area contributed by atoms with Crippen molar-refractivity contribution >= 4 is 33.0 Å². The van der Waals surface area contributed by atoms with Crippen LogP contribution in [0.2, 0.25) is 5.02 Å². The molecule has 106 valence electrons. The molecule has 4 nitrogen and oxygen atoms in total. The Bertz CT molecular complexity index is 763. The van der Waals surface area contributed by atoms with Gasteiger partial charge in [0.15, 0.2) is 0 Å². The first-order valence-corrected chi connectivity index (χ1v) is 7.50. The Morgan fingerprint density at radius 3 is 2.50 bits per heavy atom. The highest BCUT2D eigenvalue weighted by molar-refractivity contribution is 7.92. The van der Waals surface area contributed by atoms with Crippen molar-refractivity contribution in [2.24, 2.45) is 0 Å². The van der Waals surface area contributed by atoms with E-state index < -0.39 is 15.8 Å². The monoisotopic (exact) mass is 314 g/mol. The first-order valence-electron chi connectivity index (χ1n) is 5.63. The summed E-state index contributed by atoms with van der Waals surface area (Å²) in [4.78, 5) is -0.0523. The van der Waals surface area contributed by atoms with E-state index in [2.05, 4.69) is 4.72 Å². The van der Waals surface area contributed by atoms with Crippen molar-refractivity contribution in [2.75, 3.05) is 10.5 Å². The minimum absolute atomic E-state index is 0.0285. The quantitative estimate of drug-likeness (QED) is 0.855. The third-order valence-corrected chi connectivity index (χ3v) is 4.38. The number of hydrogen-bond donors (Lipinski definition) is 2. The van der Waals surface area contributed by atoms with E-state index in [9.17, 15) is 12.8 Å². The Labute approximate surface area is 121 Å². The van der Waals surface area contributed by atoms with Crippen LogP contribution in [0.3, 0.4) is 0 Å². The van der Waals surface area contributed by atoms with Crippen molar-refractivity contribution in [1.82, 2.24) is 0 Å². The largest absolute Gasteiger partial charge is 0.398 e. The molecular weight excluding hydrogens is 303 g/mol. The SMILES string of the molecule is Cc1ccc(S(=O)(=O)Nc2ccc(F)cc2Cl)c(N)c1. The molecule has 7 heteroatoms. The van der Waals surface area contributed by atoms with Gasteiger partial charge in [-0.1, -0.05) is 17.7 Å². The maximum absolute atomic E-state index is 12.9. The van der Waals surface area contributed by atoms with Gasteiger partial charge in [0.2, 0.25) is 0 Å². The molecule has 0 radical (unpaired) electrons. The van der Waals surface area contributed by atoms with Crippen molar-refractivity contribution in [3.05, 3.63) is 52.8 Å². The number of aryl methyl sites for hydroxylation is 1. The molecule has 0 bridgehead atoms. The molecule has 0 aliphatic rings. The first-order chi connectivity index (χ1) is 9.29. The number of nitrogen functional groups attached to an aromatic ring is 1. The van der Waals surface area contributed by atoms with Crippen LogP contribution in [0.1, 0.15) is 5.56 Å². The van der Waals surface area contributed by atoms with Gasteiger partial charge in [-0.05, 0) is 42.8 Å². The molecule has 0 amide bonds. The average molecular weight is 315 g/mol. The van der Waals surface area contributed by atoms with Crippen LogP contribution in [-0.2, 0) is 10.0 Å². The molecular formula is C13H12ClFN2O2S. The van der Waals surface area contributed by atoms with E-state index in [-0.39, 0.29) is 21.3 Å². The Morgan fingerprint density at radius 2 is 1.90 bits per heavy atom. The fourth-order valence-corrected chi connectivity index (χ4v) is 3.15. The fourth-order valence-electron chi connectivity index (χ4n) is 1.68. The van der Waals surface area contributed by atoms with Gasteiger partial charge in [-0.3, -0.25) is 4.72 Å². The highest BCUT2D eigenvalue weighted by Gasteiger charge is 2.18. The predicted octanol–water partition coefficient (Wildman–Crippen LogP) is 3.17. The predicted molar refractivity (Wildman–Crippen MR) is 77.8 cm³/mol. The molecule has 0 unspecified atom stereocenters. The minimum Gasteiger partial charge on any atom is -0.398 e. The molecule has 20 heavy (non-hydrogen) atoms. The zero-order chi connectivity index (χ0) is 14.9. The van der Waals surface area contributed by atoms with E-state index in [1.165, 1.54) is 12.1 Å². The van der Waals surface area contributed by atoms with Crippen molar-refractivity contribution < 1.29 is 12.8 Å². The average Bonchev–Trinajstić information content (AvgIpc) is 2.32. The Kier molecular flexibility index (Phi) is 3.87. The number of benzene rings is 2. The standard InChI is InChI=1S/C13H12ClFN2O2S/c1-8-2-5-13(11(16)6-8)20(18,19)17-12-4-3-9(15)7-10(12)14/h2-7,17H,16H2,1H3. The van der Waals surface area contributed by atoms with E-state index >= 15 is 0 Å². The number of nitrogens with one attached hydrogen (secondary N) is 1. The molecule has 2 rings (SSSR count). The number of anilines is 2.